The van der Waals surface area contributed by atoms with E-state index in [4.69, 9.17) is 27.2 Å². The Kier molecular flexibility index (Phi) is 8.47. The number of aromatic nitrogens is 3. The third kappa shape index (κ3) is 6.30. The molecule has 0 unspecified atom stereocenters. The third-order valence-electron chi connectivity index (χ3n) is 5.98. The van der Waals surface area contributed by atoms with Crippen molar-refractivity contribution in [3.05, 3.63) is 80.3 Å². The number of halogens is 1. The van der Waals surface area contributed by atoms with Crippen LogP contribution in [0.15, 0.2) is 58.1 Å². The van der Waals surface area contributed by atoms with Crippen LogP contribution in [0.3, 0.4) is 0 Å². The highest BCUT2D eigenvalue weighted by atomic mass is 79.9. The fourth-order valence-electron chi connectivity index (χ4n) is 4.05. The monoisotopic (exact) mass is 541 g/mol. The molecule has 180 valence electrons. The zero-order chi connectivity index (χ0) is 24.1. The highest BCUT2D eigenvalue weighted by molar-refractivity contribution is 9.10. The second-order valence-electron chi connectivity index (χ2n) is 9.18. The van der Waals surface area contributed by atoms with Crippen LogP contribution in [-0.2, 0) is 17.8 Å². The number of rotatable bonds is 8. The van der Waals surface area contributed by atoms with Crippen LogP contribution in [-0.4, -0.2) is 51.9 Å². The van der Waals surface area contributed by atoms with E-state index in [9.17, 15) is 0 Å². The molecule has 2 heterocycles. The Morgan fingerprint density at radius 3 is 2.38 bits per heavy atom. The van der Waals surface area contributed by atoms with Crippen LogP contribution in [0.2, 0.25) is 0 Å². The van der Waals surface area contributed by atoms with Gasteiger partial charge in [0, 0.05) is 23.5 Å². The van der Waals surface area contributed by atoms with Gasteiger partial charge < -0.3 is 4.74 Å². The predicted octanol–water partition coefficient (Wildman–Crippen LogP) is 5.70. The fourth-order valence-corrected chi connectivity index (χ4v) is 4.56. The van der Waals surface area contributed by atoms with Gasteiger partial charge in [-0.2, -0.15) is 14.9 Å². The van der Waals surface area contributed by atoms with E-state index in [1.807, 2.05) is 39.8 Å². The van der Waals surface area contributed by atoms with Gasteiger partial charge in [0.05, 0.1) is 26.1 Å². The minimum Gasteiger partial charge on any atom is -0.379 e. The molecular weight excluding hydrogens is 510 g/mol. The lowest BCUT2D eigenvalue weighted by Gasteiger charge is -2.26. The van der Waals surface area contributed by atoms with E-state index in [-0.39, 0.29) is 5.92 Å². The van der Waals surface area contributed by atoms with Gasteiger partial charge in [0.2, 0.25) is 4.77 Å². The van der Waals surface area contributed by atoms with Gasteiger partial charge in [-0.25, -0.2) is 4.68 Å². The van der Waals surface area contributed by atoms with Crippen molar-refractivity contribution < 1.29 is 4.74 Å². The van der Waals surface area contributed by atoms with Gasteiger partial charge in [0.25, 0.3) is 0 Å². The molecule has 1 atom stereocenters. The summed E-state index contributed by atoms with van der Waals surface area (Å²) in [6.07, 6.45) is 2.92. The molecule has 0 aliphatic carbocycles. The zero-order valence-corrected chi connectivity index (χ0v) is 22.4. The van der Waals surface area contributed by atoms with Crippen molar-refractivity contribution in [2.75, 3.05) is 26.3 Å². The van der Waals surface area contributed by atoms with E-state index in [0.717, 1.165) is 48.6 Å². The Balaban J connectivity index is 1.66. The molecule has 6 nitrogen and oxygen atoms in total. The SMILES string of the molecule is CC(C)Cc1ccc([C@H](C)c2nn(CN3CCOCC3)c(=S)n2/N=C/c2ccc(Br)cc2)cc1. The first kappa shape index (κ1) is 25.0. The molecule has 34 heavy (non-hydrogen) atoms. The molecule has 0 amide bonds. The second kappa shape index (κ2) is 11.5. The number of hydrogen-bond donors (Lipinski definition) is 0. The number of hydrogen-bond acceptors (Lipinski definition) is 5. The highest BCUT2D eigenvalue weighted by Crippen LogP contribution is 2.25. The normalized spacial score (nSPS) is 15.9. The molecule has 8 heteroatoms. The van der Waals surface area contributed by atoms with Crippen molar-refractivity contribution in [2.24, 2.45) is 11.0 Å². The van der Waals surface area contributed by atoms with Crippen LogP contribution in [0.5, 0.6) is 0 Å². The molecule has 0 spiro atoms. The van der Waals surface area contributed by atoms with Crippen LogP contribution in [0.1, 0.15) is 49.2 Å². The van der Waals surface area contributed by atoms with E-state index >= 15 is 0 Å². The minimum atomic E-state index is 0.0443. The summed E-state index contributed by atoms with van der Waals surface area (Å²) in [6.45, 7) is 10.5. The van der Waals surface area contributed by atoms with E-state index in [1.54, 1.807) is 0 Å². The summed E-state index contributed by atoms with van der Waals surface area (Å²) in [4.78, 5) is 2.31. The molecule has 1 saturated heterocycles. The van der Waals surface area contributed by atoms with Crippen LogP contribution in [0, 0.1) is 10.7 Å². The van der Waals surface area contributed by atoms with Gasteiger partial charge in [0.1, 0.15) is 0 Å². The second-order valence-corrected chi connectivity index (χ2v) is 10.5. The molecule has 0 radical (unpaired) electrons. The first-order valence-electron chi connectivity index (χ1n) is 11.8. The molecule has 1 fully saturated rings. The van der Waals surface area contributed by atoms with E-state index < -0.39 is 0 Å². The quantitative estimate of drug-likeness (QED) is 0.271. The van der Waals surface area contributed by atoms with E-state index in [1.165, 1.54) is 11.1 Å². The molecule has 0 bridgehead atoms. The Bertz CT molecular complexity index is 1160. The summed E-state index contributed by atoms with van der Waals surface area (Å²) >= 11 is 9.32. The summed E-state index contributed by atoms with van der Waals surface area (Å²) in [5.41, 5.74) is 3.56. The van der Waals surface area contributed by atoms with Crippen molar-refractivity contribution in [1.29, 1.82) is 0 Å². The predicted molar refractivity (Wildman–Crippen MR) is 143 cm³/mol. The van der Waals surface area contributed by atoms with Gasteiger partial charge in [0.15, 0.2) is 5.82 Å². The summed E-state index contributed by atoms with van der Waals surface area (Å²) in [5, 5.41) is 9.72. The number of nitrogens with zero attached hydrogens (tertiary/aromatic N) is 5. The average molecular weight is 543 g/mol. The van der Waals surface area contributed by atoms with Gasteiger partial charge in [-0.15, -0.1) is 0 Å². The van der Waals surface area contributed by atoms with Crippen molar-refractivity contribution in [3.8, 4) is 0 Å². The van der Waals surface area contributed by atoms with Crippen molar-refractivity contribution in [3.63, 3.8) is 0 Å². The van der Waals surface area contributed by atoms with Gasteiger partial charge >= 0.3 is 0 Å². The molecule has 0 saturated carbocycles. The third-order valence-corrected chi connectivity index (χ3v) is 6.90. The summed E-state index contributed by atoms with van der Waals surface area (Å²) < 4.78 is 10.8. The smallest absolute Gasteiger partial charge is 0.220 e. The van der Waals surface area contributed by atoms with Crippen molar-refractivity contribution in [1.82, 2.24) is 19.4 Å². The summed E-state index contributed by atoms with van der Waals surface area (Å²) in [7, 11) is 0. The van der Waals surface area contributed by atoms with E-state index in [0.29, 0.717) is 17.4 Å². The molecule has 2 aromatic carbocycles. The Morgan fingerprint density at radius 1 is 1.06 bits per heavy atom. The molecule has 1 aliphatic heterocycles. The van der Waals surface area contributed by atoms with Crippen molar-refractivity contribution in [2.45, 2.75) is 39.8 Å². The maximum atomic E-state index is 5.84. The lowest BCUT2D eigenvalue weighted by atomic mass is 9.96. The maximum Gasteiger partial charge on any atom is 0.220 e. The maximum absolute atomic E-state index is 5.84. The fraction of sp³-hybridized carbons (Fsp3) is 0.423. The molecule has 0 N–H and O–H groups in total. The summed E-state index contributed by atoms with van der Waals surface area (Å²) in [6, 6.07) is 16.9. The Labute approximate surface area is 215 Å². The van der Waals surface area contributed by atoms with E-state index in [2.05, 4.69) is 65.9 Å². The highest BCUT2D eigenvalue weighted by Gasteiger charge is 2.20. The largest absolute Gasteiger partial charge is 0.379 e. The topological polar surface area (TPSA) is 47.6 Å². The molecule has 1 aromatic heterocycles. The standard InChI is InChI=1S/C26H32BrN5OS/c1-19(2)16-21-4-8-23(9-5-21)20(3)25-29-31(18-30-12-14-33-15-13-30)26(34)32(25)28-17-22-6-10-24(27)11-7-22/h4-11,17,19-20H,12-16,18H2,1-3H3/b28-17+/t20-/m0/s1. The molecular formula is C26H32BrN5OS. The van der Waals surface area contributed by atoms with Gasteiger partial charge in [-0.3, -0.25) is 4.90 Å². The zero-order valence-electron chi connectivity index (χ0n) is 20.0. The summed E-state index contributed by atoms with van der Waals surface area (Å²) in [5.74, 6) is 1.52. The minimum absolute atomic E-state index is 0.0443. The van der Waals surface area contributed by atoms with Gasteiger partial charge in [-0.05, 0) is 53.4 Å². The lowest BCUT2D eigenvalue weighted by molar-refractivity contribution is 0.0209. The molecule has 3 aromatic rings. The number of ether oxygens (including phenoxy) is 1. The first-order valence-corrected chi connectivity index (χ1v) is 13.0. The van der Waals surface area contributed by atoms with Crippen LogP contribution < -0.4 is 0 Å². The van der Waals surface area contributed by atoms with Crippen LogP contribution in [0.4, 0.5) is 0 Å². The van der Waals surface area contributed by atoms with Crippen molar-refractivity contribution >= 4 is 34.4 Å². The molecule has 1 aliphatic rings. The van der Waals surface area contributed by atoms with Gasteiger partial charge in [-0.1, -0.05) is 73.1 Å². The lowest BCUT2D eigenvalue weighted by Crippen LogP contribution is -2.37. The molecule has 4 rings (SSSR count). The van der Waals surface area contributed by atoms with Crippen LogP contribution in [0.25, 0.3) is 0 Å². The first-order chi connectivity index (χ1) is 16.4. The number of morpholine rings is 1. The average Bonchev–Trinajstić information content (AvgIpc) is 3.14. The van der Waals surface area contributed by atoms with Crippen LogP contribution >= 0.6 is 28.1 Å². The Morgan fingerprint density at radius 2 is 1.74 bits per heavy atom. The Hall–Kier alpha value is -2.13. The number of benzene rings is 2.